The predicted octanol–water partition coefficient (Wildman–Crippen LogP) is 1.49. The van der Waals surface area contributed by atoms with Crippen molar-refractivity contribution in [3.63, 3.8) is 0 Å². The molecule has 0 aliphatic carbocycles. The van der Waals surface area contributed by atoms with Crippen LogP contribution in [0, 0.1) is 0 Å². The molecule has 2 heterocycles. The Morgan fingerprint density at radius 3 is 2.67 bits per heavy atom. The zero-order chi connectivity index (χ0) is 15.0. The van der Waals surface area contributed by atoms with Crippen molar-refractivity contribution < 1.29 is 12.8 Å². The van der Waals surface area contributed by atoms with Gasteiger partial charge in [-0.25, -0.2) is 17.9 Å². The van der Waals surface area contributed by atoms with Gasteiger partial charge in [0, 0.05) is 0 Å². The van der Waals surface area contributed by atoms with E-state index >= 15 is 0 Å². The fraction of sp³-hybridized carbons (Fsp3) is 0.154. The van der Waals surface area contributed by atoms with Crippen LogP contribution in [0.1, 0.15) is 18.7 Å². The van der Waals surface area contributed by atoms with Crippen molar-refractivity contribution >= 4 is 21.1 Å². The highest BCUT2D eigenvalue weighted by atomic mass is 32.2. The lowest BCUT2D eigenvalue weighted by atomic mass is 10.3. The maximum atomic E-state index is 12.3. The number of aromatic amines is 2. The van der Waals surface area contributed by atoms with E-state index in [1.165, 1.54) is 18.4 Å². The molecule has 21 heavy (non-hydrogen) atoms. The van der Waals surface area contributed by atoms with Gasteiger partial charge in [-0.3, -0.25) is 0 Å². The molecule has 0 fully saturated rings. The number of fused-ring (bicyclic) bond motifs is 1. The van der Waals surface area contributed by atoms with Gasteiger partial charge < -0.3 is 14.4 Å². The van der Waals surface area contributed by atoms with Crippen LogP contribution >= 0.6 is 0 Å². The van der Waals surface area contributed by atoms with Gasteiger partial charge in [-0.2, -0.15) is 0 Å². The summed E-state index contributed by atoms with van der Waals surface area (Å²) >= 11 is 0. The third-order valence-corrected chi connectivity index (χ3v) is 4.64. The molecule has 2 aromatic heterocycles. The fourth-order valence-corrected chi connectivity index (χ4v) is 3.31. The molecule has 1 unspecified atom stereocenters. The van der Waals surface area contributed by atoms with E-state index in [1.54, 1.807) is 25.1 Å². The number of sulfonamides is 1. The molecule has 0 saturated heterocycles. The first kappa shape index (κ1) is 13.7. The first-order chi connectivity index (χ1) is 9.95. The van der Waals surface area contributed by atoms with Crippen molar-refractivity contribution in [2.75, 3.05) is 0 Å². The van der Waals surface area contributed by atoms with Crippen LogP contribution in [-0.4, -0.2) is 18.4 Å². The van der Waals surface area contributed by atoms with Gasteiger partial charge in [-0.05, 0) is 37.3 Å². The van der Waals surface area contributed by atoms with Crippen LogP contribution in [0.5, 0.6) is 0 Å². The van der Waals surface area contributed by atoms with Crippen molar-refractivity contribution in [2.24, 2.45) is 0 Å². The summed E-state index contributed by atoms with van der Waals surface area (Å²) in [5.41, 5.74) is 0.614. The first-order valence-electron chi connectivity index (χ1n) is 6.23. The molecule has 110 valence electrons. The quantitative estimate of drug-likeness (QED) is 0.678. The molecule has 0 bridgehead atoms. The number of hydrogen-bond donors (Lipinski definition) is 3. The minimum Gasteiger partial charge on any atom is -0.468 e. The van der Waals surface area contributed by atoms with Gasteiger partial charge in [0.25, 0.3) is 0 Å². The number of rotatable bonds is 4. The molecule has 3 rings (SSSR count). The maximum Gasteiger partial charge on any atom is 0.323 e. The lowest BCUT2D eigenvalue weighted by molar-refractivity contribution is 0.459. The van der Waals surface area contributed by atoms with E-state index in [2.05, 4.69) is 14.7 Å². The summed E-state index contributed by atoms with van der Waals surface area (Å²) in [7, 11) is -3.71. The average molecular weight is 307 g/mol. The minimum absolute atomic E-state index is 0.0728. The molecule has 3 N–H and O–H groups in total. The summed E-state index contributed by atoms with van der Waals surface area (Å²) in [5.74, 6) is 0.523. The third-order valence-electron chi connectivity index (χ3n) is 3.10. The Morgan fingerprint density at radius 1 is 1.19 bits per heavy atom. The highest BCUT2D eigenvalue weighted by molar-refractivity contribution is 7.89. The number of aromatic nitrogens is 2. The van der Waals surface area contributed by atoms with Crippen molar-refractivity contribution in [1.82, 2.24) is 14.7 Å². The second kappa shape index (κ2) is 4.90. The summed E-state index contributed by atoms with van der Waals surface area (Å²) in [6, 6.07) is 7.27. The van der Waals surface area contributed by atoms with E-state index in [9.17, 15) is 13.2 Å². The molecule has 8 heteroatoms. The molecule has 0 saturated carbocycles. The molecule has 0 amide bonds. The van der Waals surface area contributed by atoms with Crippen LogP contribution in [0.15, 0.2) is 50.7 Å². The summed E-state index contributed by atoms with van der Waals surface area (Å²) in [5, 5.41) is 0. The molecule has 1 aromatic carbocycles. The van der Waals surface area contributed by atoms with Gasteiger partial charge in [0.1, 0.15) is 5.76 Å². The molecule has 7 nitrogen and oxygen atoms in total. The Balaban J connectivity index is 1.94. The Bertz CT molecular complexity index is 922. The number of nitrogens with one attached hydrogen (secondary N) is 3. The Hall–Kier alpha value is -2.32. The van der Waals surface area contributed by atoms with E-state index in [4.69, 9.17) is 4.42 Å². The van der Waals surface area contributed by atoms with Crippen molar-refractivity contribution in [2.45, 2.75) is 17.9 Å². The van der Waals surface area contributed by atoms with Gasteiger partial charge >= 0.3 is 5.69 Å². The van der Waals surface area contributed by atoms with E-state index in [0.29, 0.717) is 16.8 Å². The Labute approximate surface area is 120 Å². The smallest absolute Gasteiger partial charge is 0.323 e. The number of imidazole rings is 1. The molecule has 0 radical (unpaired) electrons. The van der Waals surface area contributed by atoms with Crippen LogP contribution in [-0.2, 0) is 10.0 Å². The normalized spacial score (nSPS) is 13.6. The van der Waals surface area contributed by atoms with Crippen molar-refractivity contribution in [3.8, 4) is 0 Å². The maximum absolute atomic E-state index is 12.3. The highest BCUT2D eigenvalue weighted by Crippen LogP contribution is 2.19. The van der Waals surface area contributed by atoms with Gasteiger partial charge in [-0.15, -0.1) is 0 Å². The summed E-state index contributed by atoms with van der Waals surface area (Å²) < 4.78 is 32.4. The zero-order valence-corrected chi connectivity index (χ0v) is 11.9. The number of hydrogen-bond acceptors (Lipinski definition) is 4. The second-order valence-corrected chi connectivity index (χ2v) is 6.36. The topological polar surface area (TPSA) is 108 Å². The van der Waals surface area contributed by atoms with Crippen LogP contribution in [0.4, 0.5) is 0 Å². The largest absolute Gasteiger partial charge is 0.468 e. The Kier molecular flexibility index (Phi) is 3.19. The summed E-state index contributed by atoms with van der Waals surface area (Å²) in [4.78, 5) is 16.4. The van der Waals surface area contributed by atoms with Gasteiger partial charge in [-0.1, -0.05) is 0 Å². The minimum atomic E-state index is -3.71. The lowest BCUT2D eigenvalue weighted by Gasteiger charge is -2.12. The molecular weight excluding hydrogens is 294 g/mol. The molecular formula is C13H13N3O4S. The molecule has 0 spiro atoms. The second-order valence-electron chi connectivity index (χ2n) is 4.64. The number of H-pyrrole nitrogens is 2. The number of benzene rings is 1. The van der Waals surface area contributed by atoms with Crippen LogP contribution in [0.25, 0.3) is 11.0 Å². The Morgan fingerprint density at radius 2 is 1.95 bits per heavy atom. The third kappa shape index (κ3) is 2.63. The highest BCUT2D eigenvalue weighted by Gasteiger charge is 2.20. The van der Waals surface area contributed by atoms with E-state index in [-0.39, 0.29) is 10.6 Å². The molecule has 0 aliphatic rings. The fourth-order valence-electron chi connectivity index (χ4n) is 2.08. The van der Waals surface area contributed by atoms with Crippen molar-refractivity contribution in [1.29, 1.82) is 0 Å². The van der Waals surface area contributed by atoms with Crippen LogP contribution < -0.4 is 10.4 Å². The SMILES string of the molecule is CC(NS(=O)(=O)c1ccc2[nH]c(=O)[nH]c2c1)c1ccco1. The van der Waals surface area contributed by atoms with Crippen LogP contribution in [0.3, 0.4) is 0 Å². The lowest BCUT2D eigenvalue weighted by Crippen LogP contribution is -2.26. The monoisotopic (exact) mass is 307 g/mol. The van der Waals surface area contributed by atoms with E-state index < -0.39 is 16.1 Å². The van der Waals surface area contributed by atoms with Crippen LogP contribution in [0.2, 0.25) is 0 Å². The van der Waals surface area contributed by atoms with Gasteiger partial charge in [0.05, 0.1) is 28.2 Å². The predicted molar refractivity (Wildman–Crippen MR) is 76.4 cm³/mol. The standard InChI is InChI=1S/C13H13N3O4S/c1-8(12-3-2-6-20-12)16-21(18,19)9-4-5-10-11(7-9)15-13(17)14-10/h2-8,16H,1H3,(H2,14,15,17). The zero-order valence-electron chi connectivity index (χ0n) is 11.1. The van der Waals surface area contributed by atoms with E-state index in [0.717, 1.165) is 0 Å². The van der Waals surface area contributed by atoms with E-state index in [1.807, 2.05) is 0 Å². The van der Waals surface area contributed by atoms with Gasteiger partial charge in [0.15, 0.2) is 0 Å². The molecule has 1 atom stereocenters. The van der Waals surface area contributed by atoms with Crippen molar-refractivity contribution in [3.05, 3.63) is 52.8 Å². The summed E-state index contributed by atoms with van der Waals surface area (Å²) in [6.07, 6.45) is 1.48. The number of furan rings is 1. The first-order valence-corrected chi connectivity index (χ1v) is 7.72. The average Bonchev–Trinajstić information content (AvgIpc) is 3.04. The summed E-state index contributed by atoms with van der Waals surface area (Å²) in [6.45, 7) is 1.69. The van der Waals surface area contributed by atoms with Gasteiger partial charge in [0.2, 0.25) is 10.0 Å². The molecule has 0 aliphatic heterocycles. The molecule has 3 aromatic rings.